The van der Waals surface area contributed by atoms with Gasteiger partial charge in [0.05, 0.1) is 0 Å². The normalized spacial score (nSPS) is 36.8. The van der Waals surface area contributed by atoms with Crippen molar-refractivity contribution in [3.63, 3.8) is 0 Å². The molecular weight excluding hydrogens is 369 g/mol. The maximum absolute atomic E-state index is 13.2. The number of nitrogens with one attached hydrogen (secondary N) is 1. The predicted octanol–water partition coefficient (Wildman–Crippen LogP) is 4.61. The molecule has 24 heavy (non-hydrogen) atoms. The Balaban J connectivity index is 1.32. The van der Waals surface area contributed by atoms with E-state index in [0.717, 1.165) is 23.8 Å². The van der Waals surface area contributed by atoms with E-state index in [9.17, 15) is 9.18 Å². The van der Waals surface area contributed by atoms with Crippen LogP contribution in [0.5, 0.6) is 0 Å². The van der Waals surface area contributed by atoms with Gasteiger partial charge in [-0.15, -0.1) is 0 Å². The first kappa shape index (κ1) is 16.6. The van der Waals surface area contributed by atoms with Gasteiger partial charge in [-0.2, -0.15) is 0 Å². The fraction of sp³-hybridized carbons (Fsp3) is 0.650. The molecule has 0 aromatic heterocycles. The molecule has 0 spiro atoms. The van der Waals surface area contributed by atoms with Crippen molar-refractivity contribution in [3.05, 3.63) is 35.6 Å². The van der Waals surface area contributed by atoms with Gasteiger partial charge in [0.2, 0.25) is 5.91 Å². The standard InChI is InChI=1S/C20H25BrFNO/c21-20-10-15-6-16(11-20)9-19(8-15,13-20)12-18(24)23-5-4-14-2-1-3-17(22)7-14/h1-3,7,15-16H,4-6,8-13H2,(H,23,24)/t15-,16-,19?,20?/m1/s1. The van der Waals surface area contributed by atoms with Crippen molar-refractivity contribution in [2.24, 2.45) is 17.3 Å². The molecule has 0 heterocycles. The highest BCUT2D eigenvalue weighted by Crippen LogP contribution is 2.65. The predicted molar refractivity (Wildman–Crippen MR) is 96.5 cm³/mol. The topological polar surface area (TPSA) is 29.1 Å². The maximum Gasteiger partial charge on any atom is 0.220 e. The van der Waals surface area contributed by atoms with Crippen molar-refractivity contribution in [2.75, 3.05) is 6.54 Å². The lowest BCUT2D eigenvalue weighted by atomic mass is 9.48. The van der Waals surface area contributed by atoms with Crippen LogP contribution in [0.4, 0.5) is 4.39 Å². The van der Waals surface area contributed by atoms with E-state index in [2.05, 4.69) is 21.2 Å². The molecule has 0 aliphatic heterocycles. The van der Waals surface area contributed by atoms with Crippen LogP contribution in [-0.4, -0.2) is 16.8 Å². The molecule has 4 saturated carbocycles. The molecule has 4 aliphatic carbocycles. The Morgan fingerprint density at radius 3 is 2.67 bits per heavy atom. The molecule has 2 nitrogen and oxygen atoms in total. The van der Waals surface area contributed by atoms with Crippen LogP contribution in [0, 0.1) is 23.1 Å². The summed E-state index contributed by atoms with van der Waals surface area (Å²) in [7, 11) is 0. The molecular formula is C20H25BrFNO. The van der Waals surface area contributed by atoms with Gasteiger partial charge in [0.1, 0.15) is 5.82 Å². The molecule has 2 atom stereocenters. The summed E-state index contributed by atoms with van der Waals surface area (Å²) in [5.41, 5.74) is 1.15. The van der Waals surface area contributed by atoms with Gasteiger partial charge < -0.3 is 5.32 Å². The Labute approximate surface area is 151 Å². The van der Waals surface area contributed by atoms with Crippen LogP contribution in [-0.2, 0) is 11.2 Å². The van der Waals surface area contributed by atoms with Gasteiger partial charge in [-0.1, -0.05) is 28.1 Å². The molecule has 4 aliphatic rings. The average molecular weight is 394 g/mol. The van der Waals surface area contributed by atoms with E-state index in [1.165, 1.54) is 38.2 Å². The van der Waals surface area contributed by atoms with Crippen molar-refractivity contribution in [1.82, 2.24) is 5.32 Å². The van der Waals surface area contributed by atoms with Crippen molar-refractivity contribution in [2.45, 2.75) is 55.7 Å². The molecule has 130 valence electrons. The Morgan fingerprint density at radius 1 is 1.25 bits per heavy atom. The Bertz CT molecular complexity index is 632. The van der Waals surface area contributed by atoms with Gasteiger partial charge in [-0.25, -0.2) is 4.39 Å². The molecule has 1 N–H and O–H groups in total. The van der Waals surface area contributed by atoms with Gasteiger partial charge in [-0.3, -0.25) is 4.79 Å². The number of carbonyl (C=O) groups is 1. The SMILES string of the molecule is O=C(CC12C[C@H]3C[C@@H](CC(Br)(C3)C1)C2)NCCc1cccc(F)c1. The molecule has 0 unspecified atom stereocenters. The zero-order valence-electron chi connectivity index (χ0n) is 14.0. The lowest BCUT2D eigenvalue weighted by Gasteiger charge is -2.60. The van der Waals surface area contributed by atoms with Gasteiger partial charge >= 0.3 is 0 Å². The van der Waals surface area contributed by atoms with E-state index >= 15 is 0 Å². The minimum Gasteiger partial charge on any atom is -0.356 e. The number of carbonyl (C=O) groups excluding carboxylic acids is 1. The van der Waals surface area contributed by atoms with Crippen LogP contribution in [0.15, 0.2) is 24.3 Å². The number of hydrogen-bond donors (Lipinski definition) is 1. The van der Waals surface area contributed by atoms with Crippen molar-refractivity contribution in [3.8, 4) is 0 Å². The molecule has 1 aromatic rings. The third kappa shape index (κ3) is 3.40. The van der Waals surface area contributed by atoms with Crippen LogP contribution >= 0.6 is 15.9 Å². The van der Waals surface area contributed by atoms with E-state index in [1.807, 2.05) is 6.07 Å². The number of benzene rings is 1. The molecule has 4 fully saturated rings. The highest BCUT2D eigenvalue weighted by Gasteiger charge is 2.57. The van der Waals surface area contributed by atoms with Crippen LogP contribution in [0.1, 0.15) is 50.5 Å². The summed E-state index contributed by atoms with van der Waals surface area (Å²) in [6, 6.07) is 6.62. The Morgan fingerprint density at radius 2 is 2.00 bits per heavy atom. The number of hydrogen-bond acceptors (Lipinski definition) is 1. The molecule has 4 bridgehead atoms. The second kappa shape index (κ2) is 6.12. The van der Waals surface area contributed by atoms with E-state index in [-0.39, 0.29) is 17.1 Å². The first-order valence-corrected chi connectivity index (χ1v) is 9.93. The van der Waals surface area contributed by atoms with Gasteiger partial charge in [0, 0.05) is 17.3 Å². The largest absolute Gasteiger partial charge is 0.356 e. The smallest absolute Gasteiger partial charge is 0.220 e. The lowest BCUT2D eigenvalue weighted by molar-refractivity contribution is -0.128. The summed E-state index contributed by atoms with van der Waals surface area (Å²) in [6.45, 7) is 0.588. The Kier molecular flexibility index (Phi) is 4.22. The first-order chi connectivity index (χ1) is 11.4. The van der Waals surface area contributed by atoms with Crippen molar-refractivity contribution >= 4 is 21.8 Å². The van der Waals surface area contributed by atoms with E-state index in [0.29, 0.717) is 23.7 Å². The third-order valence-electron chi connectivity index (χ3n) is 6.27. The molecule has 4 heteroatoms. The van der Waals surface area contributed by atoms with E-state index in [1.54, 1.807) is 12.1 Å². The average Bonchev–Trinajstić information content (AvgIpc) is 2.43. The Hall–Kier alpha value is -0.900. The van der Waals surface area contributed by atoms with Gasteiger partial charge in [0.15, 0.2) is 0 Å². The van der Waals surface area contributed by atoms with E-state index < -0.39 is 0 Å². The highest BCUT2D eigenvalue weighted by molar-refractivity contribution is 9.10. The molecule has 1 amide bonds. The molecule has 0 radical (unpaired) electrons. The monoisotopic (exact) mass is 393 g/mol. The summed E-state index contributed by atoms with van der Waals surface area (Å²) >= 11 is 4.01. The summed E-state index contributed by atoms with van der Waals surface area (Å²) < 4.78 is 13.5. The fourth-order valence-electron chi connectivity index (χ4n) is 5.98. The summed E-state index contributed by atoms with van der Waals surface area (Å²) in [6.07, 6.45) is 8.93. The van der Waals surface area contributed by atoms with Gasteiger partial charge in [-0.05, 0) is 79.9 Å². The fourth-order valence-corrected chi connectivity index (χ4v) is 7.50. The lowest BCUT2D eigenvalue weighted by Crippen LogP contribution is -2.54. The molecule has 5 rings (SSSR count). The van der Waals surface area contributed by atoms with E-state index in [4.69, 9.17) is 0 Å². The minimum absolute atomic E-state index is 0.171. The van der Waals surface area contributed by atoms with Crippen LogP contribution < -0.4 is 5.32 Å². The second-order valence-electron chi connectivity index (χ2n) is 8.52. The zero-order chi connectivity index (χ0) is 16.8. The third-order valence-corrected chi connectivity index (χ3v) is 7.20. The quantitative estimate of drug-likeness (QED) is 0.727. The number of alkyl halides is 1. The summed E-state index contributed by atoms with van der Waals surface area (Å²) in [5, 5.41) is 3.06. The highest BCUT2D eigenvalue weighted by atomic mass is 79.9. The van der Waals surface area contributed by atoms with Crippen molar-refractivity contribution < 1.29 is 9.18 Å². The van der Waals surface area contributed by atoms with Gasteiger partial charge in [0.25, 0.3) is 0 Å². The number of rotatable bonds is 5. The van der Waals surface area contributed by atoms with Crippen LogP contribution in [0.25, 0.3) is 0 Å². The first-order valence-electron chi connectivity index (χ1n) is 9.14. The minimum atomic E-state index is -0.213. The van der Waals surface area contributed by atoms with Crippen LogP contribution in [0.3, 0.4) is 0 Å². The molecule has 0 saturated heterocycles. The van der Waals surface area contributed by atoms with Crippen LogP contribution in [0.2, 0.25) is 0 Å². The number of halogens is 2. The molecule has 1 aromatic carbocycles. The maximum atomic E-state index is 13.2. The summed E-state index contributed by atoms with van der Waals surface area (Å²) in [5.74, 6) is 1.58. The second-order valence-corrected chi connectivity index (χ2v) is 10.2. The summed E-state index contributed by atoms with van der Waals surface area (Å²) in [4.78, 5) is 12.5. The van der Waals surface area contributed by atoms with Crippen molar-refractivity contribution in [1.29, 1.82) is 0 Å². The number of amides is 1. The zero-order valence-corrected chi connectivity index (χ0v) is 15.6.